The van der Waals surface area contributed by atoms with E-state index in [1.807, 2.05) is 0 Å². The van der Waals surface area contributed by atoms with Gasteiger partial charge in [0, 0.05) is 6.20 Å². The summed E-state index contributed by atoms with van der Waals surface area (Å²) in [5, 5.41) is 8.03. The Hall–Kier alpha value is -1.22. The summed E-state index contributed by atoms with van der Waals surface area (Å²) in [6.07, 6.45) is 1.46. The number of halogens is 2. The summed E-state index contributed by atoms with van der Waals surface area (Å²) in [6, 6.07) is 6.22. The van der Waals surface area contributed by atoms with Gasteiger partial charge in [0.2, 0.25) is 15.3 Å². The zero-order chi connectivity index (χ0) is 14.0. The second-order valence-corrected chi connectivity index (χ2v) is 6.22. The molecular weight excluding hydrogens is 356 g/mol. The van der Waals surface area contributed by atoms with Crippen LogP contribution in [0, 0.1) is 0 Å². The van der Waals surface area contributed by atoms with Gasteiger partial charge in [-0.25, -0.2) is 18.5 Å². The number of aromatic nitrogens is 2. The molecule has 0 saturated heterocycles. The van der Waals surface area contributed by atoms with Crippen LogP contribution in [0.25, 0.3) is 0 Å². The van der Waals surface area contributed by atoms with Gasteiger partial charge in [-0.2, -0.15) is 4.98 Å². The van der Waals surface area contributed by atoms with Crippen LogP contribution in [-0.4, -0.2) is 18.4 Å². The molecule has 0 bridgehead atoms. The predicted octanol–water partition coefficient (Wildman–Crippen LogP) is 2.28. The molecular formula is C10H8BrClN4O2S. The quantitative estimate of drug-likeness (QED) is 0.815. The van der Waals surface area contributed by atoms with E-state index in [1.165, 1.54) is 12.3 Å². The van der Waals surface area contributed by atoms with Crippen molar-refractivity contribution in [3.8, 4) is 0 Å². The van der Waals surface area contributed by atoms with Crippen molar-refractivity contribution >= 4 is 49.1 Å². The summed E-state index contributed by atoms with van der Waals surface area (Å²) < 4.78 is 23.5. The molecule has 2 aromatic rings. The van der Waals surface area contributed by atoms with Crippen molar-refractivity contribution in [1.29, 1.82) is 0 Å². The maximum atomic E-state index is 11.5. The molecule has 0 spiro atoms. The second-order valence-electron chi connectivity index (χ2n) is 3.50. The molecule has 0 aliphatic rings. The number of hydrogen-bond donors (Lipinski definition) is 2. The molecule has 0 unspecified atom stereocenters. The van der Waals surface area contributed by atoms with Gasteiger partial charge in [-0.15, -0.1) is 0 Å². The van der Waals surface area contributed by atoms with Crippen molar-refractivity contribution < 1.29 is 8.42 Å². The summed E-state index contributed by atoms with van der Waals surface area (Å²) in [5.74, 6) is 0.344. The van der Waals surface area contributed by atoms with E-state index in [1.54, 1.807) is 18.2 Å². The lowest BCUT2D eigenvalue weighted by Crippen LogP contribution is -2.14. The molecule has 100 valence electrons. The highest BCUT2D eigenvalue weighted by Crippen LogP contribution is 2.27. The fourth-order valence-corrected chi connectivity index (χ4v) is 2.50. The molecule has 0 radical (unpaired) electrons. The molecule has 1 aromatic carbocycles. The lowest BCUT2D eigenvalue weighted by Gasteiger charge is -2.10. The van der Waals surface area contributed by atoms with E-state index in [0.717, 1.165) is 0 Å². The van der Waals surface area contributed by atoms with Gasteiger partial charge >= 0.3 is 0 Å². The van der Waals surface area contributed by atoms with E-state index < -0.39 is 10.0 Å². The van der Waals surface area contributed by atoms with Crippen molar-refractivity contribution in [1.82, 2.24) is 9.97 Å². The molecule has 2 rings (SSSR count). The van der Waals surface area contributed by atoms with Crippen LogP contribution in [0.1, 0.15) is 0 Å². The largest absolute Gasteiger partial charge is 0.338 e. The molecule has 6 nitrogen and oxygen atoms in total. The Morgan fingerprint density at radius 3 is 2.68 bits per heavy atom. The number of nitrogens with two attached hydrogens (primary N) is 1. The van der Waals surface area contributed by atoms with Crippen LogP contribution in [-0.2, 0) is 10.0 Å². The highest BCUT2D eigenvalue weighted by atomic mass is 79.9. The molecule has 0 atom stereocenters. The molecule has 9 heteroatoms. The van der Waals surface area contributed by atoms with Crippen molar-refractivity contribution in [2.24, 2.45) is 5.14 Å². The van der Waals surface area contributed by atoms with Gasteiger partial charge < -0.3 is 5.32 Å². The zero-order valence-corrected chi connectivity index (χ0v) is 12.5. The summed E-state index contributed by atoms with van der Waals surface area (Å²) in [6.45, 7) is 0. The topological polar surface area (TPSA) is 98.0 Å². The Morgan fingerprint density at radius 1 is 1.32 bits per heavy atom. The summed E-state index contributed by atoms with van der Waals surface area (Å²) >= 11 is 8.92. The van der Waals surface area contributed by atoms with E-state index in [4.69, 9.17) is 16.7 Å². The fourth-order valence-electron chi connectivity index (χ4n) is 1.38. The van der Waals surface area contributed by atoms with E-state index >= 15 is 0 Å². The van der Waals surface area contributed by atoms with Crippen LogP contribution in [0.4, 0.5) is 11.5 Å². The van der Waals surface area contributed by atoms with Crippen LogP contribution in [0.15, 0.2) is 39.8 Å². The first kappa shape index (κ1) is 14.2. The minimum atomic E-state index is -3.83. The van der Waals surface area contributed by atoms with Gasteiger partial charge in [-0.1, -0.05) is 12.1 Å². The first-order valence-electron chi connectivity index (χ1n) is 4.95. The highest BCUT2D eigenvalue weighted by molar-refractivity contribution is 9.10. The Bertz CT molecular complexity index is 723. The molecule has 0 aliphatic carbocycles. The first-order valence-corrected chi connectivity index (χ1v) is 7.66. The number of para-hydroxylation sites is 1. The molecule has 0 aliphatic heterocycles. The summed E-state index contributed by atoms with van der Waals surface area (Å²) in [5.41, 5.74) is 0.306. The Labute approximate surface area is 123 Å². The highest BCUT2D eigenvalue weighted by Gasteiger charge is 2.14. The predicted molar refractivity (Wildman–Crippen MR) is 75.8 cm³/mol. The third-order valence-corrected chi connectivity index (χ3v) is 3.89. The average molecular weight is 364 g/mol. The minimum absolute atomic E-state index is 0.0309. The van der Waals surface area contributed by atoms with E-state index in [2.05, 4.69) is 31.2 Å². The molecule has 1 heterocycles. The number of rotatable bonds is 3. The first-order chi connectivity index (χ1) is 8.88. The zero-order valence-electron chi connectivity index (χ0n) is 9.34. The number of nitrogens with one attached hydrogen (secondary N) is 1. The Balaban J connectivity index is 2.47. The maximum absolute atomic E-state index is 11.5. The SMILES string of the molecule is NS(=O)(=O)c1ccccc1Nc1nc(Cl)ncc1Br. The van der Waals surface area contributed by atoms with E-state index in [-0.39, 0.29) is 10.2 Å². The molecule has 1 aromatic heterocycles. The molecule has 19 heavy (non-hydrogen) atoms. The number of primary sulfonamides is 1. The second kappa shape index (κ2) is 5.41. The summed E-state index contributed by atoms with van der Waals surface area (Å²) in [4.78, 5) is 7.70. The van der Waals surface area contributed by atoms with Crippen molar-refractivity contribution in [3.05, 3.63) is 40.2 Å². The van der Waals surface area contributed by atoms with E-state index in [9.17, 15) is 8.42 Å². The number of sulfonamides is 1. The molecule has 3 N–H and O–H groups in total. The number of hydrogen-bond acceptors (Lipinski definition) is 5. The van der Waals surface area contributed by atoms with Crippen LogP contribution in [0.2, 0.25) is 5.28 Å². The van der Waals surface area contributed by atoms with Crippen LogP contribution >= 0.6 is 27.5 Å². The van der Waals surface area contributed by atoms with Gasteiger partial charge in [0.15, 0.2) is 0 Å². The van der Waals surface area contributed by atoms with Crippen molar-refractivity contribution in [2.75, 3.05) is 5.32 Å². The van der Waals surface area contributed by atoms with Gasteiger partial charge in [-0.3, -0.25) is 0 Å². The Kier molecular flexibility index (Phi) is 4.04. The van der Waals surface area contributed by atoms with E-state index in [0.29, 0.717) is 16.0 Å². The van der Waals surface area contributed by atoms with Crippen molar-refractivity contribution in [3.63, 3.8) is 0 Å². The Morgan fingerprint density at radius 2 is 2.00 bits per heavy atom. The average Bonchev–Trinajstić information content (AvgIpc) is 2.33. The number of anilines is 2. The maximum Gasteiger partial charge on any atom is 0.240 e. The molecule has 0 fully saturated rings. The lowest BCUT2D eigenvalue weighted by molar-refractivity contribution is 0.598. The third kappa shape index (κ3) is 3.41. The molecule has 0 saturated carbocycles. The van der Waals surface area contributed by atoms with Gasteiger partial charge in [0.1, 0.15) is 10.7 Å². The third-order valence-electron chi connectivity index (χ3n) is 2.16. The fraction of sp³-hybridized carbons (Fsp3) is 0. The monoisotopic (exact) mass is 362 g/mol. The normalized spacial score (nSPS) is 11.3. The van der Waals surface area contributed by atoms with Crippen LogP contribution < -0.4 is 10.5 Å². The van der Waals surface area contributed by atoms with Crippen molar-refractivity contribution in [2.45, 2.75) is 4.90 Å². The lowest BCUT2D eigenvalue weighted by atomic mass is 10.3. The van der Waals surface area contributed by atoms with Crippen LogP contribution in [0.5, 0.6) is 0 Å². The van der Waals surface area contributed by atoms with Gasteiger partial charge in [0.25, 0.3) is 0 Å². The molecule has 0 amide bonds. The number of benzene rings is 1. The van der Waals surface area contributed by atoms with Gasteiger partial charge in [0.05, 0.1) is 10.2 Å². The minimum Gasteiger partial charge on any atom is -0.338 e. The smallest absolute Gasteiger partial charge is 0.240 e. The standard InChI is InChI=1S/C10H8BrClN4O2S/c11-6-5-14-10(12)16-9(6)15-7-3-1-2-4-8(7)19(13,17)18/h1-5H,(H2,13,17,18)(H,14,15,16). The summed E-state index contributed by atoms with van der Waals surface area (Å²) in [7, 11) is -3.83. The number of nitrogens with zero attached hydrogens (tertiary/aromatic N) is 2. The van der Waals surface area contributed by atoms with Gasteiger partial charge in [-0.05, 0) is 39.7 Å². The van der Waals surface area contributed by atoms with Crippen LogP contribution in [0.3, 0.4) is 0 Å².